The molecule has 0 saturated carbocycles. The predicted octanol–water partition coefficient (Wildman–Crippen LogP) is 5.09. The summed E-state index contributed by atoms with van der Waals surface area (Å²) >= 11 is 1.22. The van der Waals surface area contributed by atoms with Crippen molar-refractivity contribution in [2.75, 3.05) is 38.1 Å². The Morgan fingerprint density at radius 1 is 1.08 bits per heavy atom. The minimum absolute atomic E-state index is 0.0188. The normalized spacial score (nSPS) is 10.3. The fraction of sp³-hybridized carbons (Fsp3) is 0.286. The number of nitrogens with one attached hydrogen (secondary N) is 1. The number of carbonyl (C=O) groups excluding carboxylic acids is 1. The average Bonchev–Trinajstić information content (AvgIpc) is 2.92. The number of nitrogens with zero attached hydrogens (tertiary/aromatic N) is 3. The number of nitriles is 2. The van der Waals surface area contributed by atoms with Crippen molar-refractivity contribution in [1.82, 2.24) is 4.98 Å². The second kappa shape index (κ2) is 12.7. The number of methoxy groups -OCH3 is 3. The Bertz CT molecular complexity index is 1420. The number of hydrogen-bond acceptors (Lipinski definition) is 9. The number of benzene rings is 2. The molecule has 9 nitrogen and oxygen atoms in total. The topological polar surface area (TPSA) is 143 Å². The van der Waals surface area contributed by atoms with Crippen molar-refractivity contribution in [1.29, 1.82) is 10.5 Å². The van der Waals surface area contributed by atoms with Crippen LogP contribution < -0.4 is 25.3 Å². The molecule has 0 spiro atoms. The van der Waals surface area contributed by atoms with Gasteiger partial charge in [-0.05, 0) is 42.2 Å². The number of amides is 1. The summed E-state index contributed by atoms with van der Waals surface area (Å²) in [6.07, 6.45) is 0.990. The molecule has 10 heteroatoms. The van der Waals surface area contributed by atoms with Crippen LogP contribution in [0.5, 0.6) is 17.2 Å². The zero-order valence-corrected chi connectivity index (χ0v) is 22.8. The van der Waals surface area contributed by atoms with Gasteiger partial charge < -0.3 is 25.3 Å². The third kappa shape index (κ3) is 5.77. The van der Waals surface area contributed by atoms with E-state index >= 15 is 0 Å². The molecule has 3 aromatic rings. The van der Waals surface area contributed by atoms with Gasteiger partial charge in [0, 0.05) is 23.4 Å². The standard InChI is InChI=1S/C28H29N5O4S/c1-6-17-9-7-8-16(2)25(17)32-23(34)10-11-38-28-20(15-30)24(19(14-29)27(31)33-28)18-12-21(35-3)26(37-5)22(13-18)36-4/h7-9,12-13H,6,10-11H2,1-5H3,(H2,31,33)(H,32,34). The molecule has 2 aromatic carbocycles. The molecule has 0 aliphatic heterocycles. The molecule has 0 aliphatic carbocycles. The van der Waals surface area contributed by atoms with Gasteiger partial charge in [0.25, 0.3) is 0 Å². The summed E-state index contributed by atoms with van der Waals surface area (Å²) in [5, 5.41) is 23.3. The Balaban J connectivity index is 1.94. The molecule has 0 unspecified atom stereocenters. The molecular weight excluding hydrogens is 502 g/mol. The van der Waals surface area contributed by atoms with E-state index in [1.807, 2.05) is 32.0 Å². The van der Waals surface area contributed by atoms with Gasteiger partial charge >= 0.3 is 0 Å². The lowest BCUT2D eigenvalue weighted by atomic mass is 9.96. The van der Waals surface area contributed by atoms with Crippen LogP contribution in [0, 0.1) is 29.6 Å². The highest BCUT2D eigenvalue weighted by molar-refractivity contribution is 7.99. The summed E-state index contributed by atoms with van der Waals surface area (Å²) in [6, 6.07) is 13.4. The van der Waals surface area contributed by atoms with E-state index in [0.29, 0.717) is 39.2 Å². The molecule has 0 radical (unpaired) electrons. The summed E-state index contributed by atoms with van der Waals surface area (Å²) in [7, 11) is 4.44. The molecular formula is C28H29N5O4S. The average molecular weight is 532 g/mol. The number of aromatic nitrogens is 1. The van der Waals surface area contributed by atoms with E-state index in [9.17, 15) is 15.3 Å². The smallest absolute Gasteiger partial charge is 0.225 e. The first-order chi connectivity index (χ1) is 18.3. The van der Waals surface area contributed by atoms with Gasteiger partial charge in [0.15, 0.2) is 11.5 Å². The SMILES string of the molecule is CCc1cccc(C)c1NC(=O)CCSc1nc(N)c(C#N)c(-c2cc(OC)c(OC)c(OC)c2)c1C#N. The van der Waals surface area contributed by atoms with Gasteiger partial charge in [0.1, 0.15) is 28.5 Å². The molecule has 38 heavy (non-hydrogen) atoms. The Kier molecular flexibility index (Phi) is 9.42. The van der Waals surface area contributed by atoms with E-state index in [4.69, 9.17) is 19.9 Å². The summed E-state index contributed by atoms with van der Waals surface area (Å²) in [5.74, 6) is 1.28. The molecule has 0 bridgehead atoms. The molecule has 0 saturated heterocycles. The molecule has 0 aliphatic rings. The summed E-state index contributed by atoms with van der Waals surface area (Å²) in [4.78, 5) is 17.0. The molecule has 196 valence electrons. The van der Waals surface area contributed by atoms with Crippen molar-refractivity contribution in [3.63, 3.8) is 0 Å². The second-order valence-electron chi connectivity index (χ2n) is 8.17. The molecule has 0 atom stereocenters. The molecule has 1 heterocycles. The lowest BCUT2D eigenvalue weighted by Gasteiger charge is -2.17. The van der Waals surface area contributed by atoms with Crippen LogP contribution in [0.3, 0.4) is 0 Å². The fourth-order valence-electron chi connectivity index (χ4n) is 4.06. The van der Waals surface area contributed by atoms with Crippen molar-refractivity contribution >= 4 is 29.2 Å². The van der Waals surface area contributed by atoms with Gasteiger partial charge in [-0.3, -0.25) is 4.79 Å². The summed E-state index contributed by atoms with van der Waals surface area (Å²) in [6.45, 7) is 3.99. The van der Waals surface area contributed by atoms with Crippen LogP contribution in [0.1, 0.15) is 35.6 Å². The van der Waals surface area contributed by atoms with Crippen molar-refractivity contribution in [3.05, 3.63) is 52.6 Å². The van der Waals surface area contributed by atoms with Crippen LogP contribution in [0.4, 0.5) is 11.5 Å². The minimum Gasteiger partial charge on any atom is -0.493 e. The maximum absolute atomic E-state index is 12.7. The van der Waals surface area contributed by atoms with Gasteiger partial charge in [0.05, 0.1) is 26.9 Å². The highest BCUT2D eigenvalue weighted by Crippen LogP contribution is 2.44. The van der Waals surface area contributed by atoms with E-state index < -0.39 is 0 Å². The van der Waals surface area contributed by atoms with Gasteiger partial charge in [0.2, 0.25) is 11.7 Å². The molecule has 1 aromatic heterocycles. The molecule has 3 rings (SSSR count). The zero-order valence-electron chi connectivity index (χ0n) is 22.0. The van der Waals surface area contributed by atoms with Crippen LogP contribution in [-0.4, -0.2) is 38.0 Å². The molecule has 3 N–H and O–H groups in total. The van der Waals surface area contributed by atoms with Crippen LogP contribution in [0.2, 0.25) is 0 Å². The largest absolute Gasteiger partial charge is 0.493 e. The van der Waals surface area contributed by atoms with E-state index in [1.165, 1.54) is 33.1 Å². The van der Waals surface area contributed by atoms with E-state index in [0.717, 1.165) is 23.2 Å². The summed E-state index contributed by atoms with van der Waals surface area (Å²) in [5.41, 5.74) is 10.1. The fourth-order valence-corrected chi connectivity index (χ4v) is 5.00. The number of rotatable bonds is 10. The Hall–Kier alpha value is -4.41. The van der Waals surface area contributed by atoms with Gasteiger partial charge in [-0.25, -0.2) is 4.98 Å². The molecule has 0 fully saturated rings. The molecule has 1 amide bonds. The third-order valence-corrected chi connectivity index (χ3v) is 6.92. The van der Waals surface area contributed by atoms with Gasteiger partial charge in [-0.2, -0.15) is 10.5 Å². The predicted molar refractivity (Wildman–Crippen MR) is 148 cm³/mol. The van der Waals surface area contributed by atoms with Crippen molar-refractivity contribution in [3.8, 4) is 40.5 Å². The zero-order chi connectivity index (χ0) is 27.8. The lowest BCUT2D eigenvalue weighted by Crippen LogP contribution is -2.14. The Morgan fingerprint density at radius 2 is 1.74 bits per heavy atom. The van der Waals surface area contributed by atoms with Crippen LogP contribution in [0.15, 0.2) is 35.4 Å². The van der Waals surface area contributed by atoms with E-state index in [1.54, 1.807) is 12.1 Å². The van der Waals surface area contributed by atoms with E-state index in [2.05, 4.69) is 22.4 Å². The number of carbonyl (C=O) groups is 1. The van der Waals surface area contributed by atoms with Gasteiger partial charge in [-0.15, -0.1) is 11.8 Å². The number of thioether (sulfide) groups is 1. The number of pyridine rings is 1. The minimum atomic E-state index is -0.147. The number of ether oxygens (including phenoxy) is 3. The monoisotopic (exact) mass is 531 g/mol. The number of hydrogen-bond donors (Lipinski definition) is 2. The Labute approximate surface area is 226 Å². The van der Waals surface area contributed by atoms with Crippen LogP contribution in [0.25, 0.3) is 11.1 Å². The van der Waals surface area contributed by atoms with Crippen molar-refractivity contribution in [2.24, 2.45) is 0 Å². The summed E-state index contributed by atoms with van der Waals surface area (Å²) < 4.78 is 16.3. The number of nitrogens with two attached hydrogens (primary N) is 1. The van der Waals surface area contributed by atoms with E-state index in [-0.39, 0.29) is 29.3 Å². The maximum Gasteiger partial charge on any atom is 0.225 e. The number of para-hydroxylation sites is 1. The van der Waals surface area contributed by atoms with Gasteiger partial charge in [-0.1, -0.05) is 25.1 Å². The first-order valence-corrected chi connectivity index (χ1v) is 12.8. The first-order valence-electron chi connectivity index (χ1n) is 11.8. The van der Waals surface area contributed by atoms with Crippen LogP contribution >= 0.6 is 11.8 Å². The second-order valence-corrected chi connectivity index (χ2v) is 9.26. The number of nitrogen functional groups attached to an aromatic ring is 1. The number of anilines is 2. The van der Waals surface area contributed by atoms with Crippen molar-refractivity contribution < 1.29 is 19.0 Å². The third-order valence-electron chi connectivity index (χ3n) is 5.94. The Morgan fingerprint density at radius 3 is 2.29 bits per heavy atom. The highest BCUT2D eigenvalue weighted by atomic mass is 32.2. The highest BCUT2D eigenvalue weighted by Gasteiger charge is 2.24. The maximum atomic E-state index is 12.7. The quantitative estimate of drug-likeness (QED) is 0.342. The first kappa shape index (κ1) is 28.2. The lowest BCUT2D eigenvalue weighted by molar-refractivity contribution is -0.115. The van der Waals surface area contributed by atoms with Crippen LogP contribution in [-0.2, 0) is 11.2 Å². The number of aryl methyl sites for hydroxylation is 2. The van der Waals surface area contributed by atoms with Crippen molar-refractivity contribution in [2.45, 2.75) is 31.7 Å².